The molecule has 12 N–H and O–H groups in total. The van der Waals surface area contributed by atoms with Crippen molar-refractivity contribution in [1.82, 2.24) is 51.5 Å². The third-order valence-electron chi connectivity index (χ3n) is 13.2. The van der Waals surface area contributed by atoms with Gasteiger partial charge in [0.2, 0.25) is 47.3 Å². The van der Waals surface area contributed by atoms with Crippen molar-refractivity contribution in [1.29, 1.82) is 0 Å². The molecule has 2 aliphatic rings. The van der Waals surface area contributed by atoms with Gasteiger partial charge < -0.3 is 53.7 Å². The van der Waals surface area contributed by atoms with Crippen molar-refractivity contribution in [3.05, 3.63) is 96.8 Å². The fourth-order valence-electron chi connectivity index (χ4n) is 8.98. The Morgan fingerprint density at radius 2 is 1.46 bits per heavy atom. The summed E-state index contributed by atoms with van der Waals surface area (Å²) in [6, 6.07) is 16.4. The van der Waals surface area contributed by atoms with Crippen molar-refractivity contribution in [2.45, 2.75) is 108 Å². The summed E-state index contributed by atoms with van der Waals surface area (Å²) in [5.41, 5.74) is 22.2. The molecule has 7 rings (SSSR count). The second-order valence-corrected chi connectivity index (χ2v) is 18.3. The average molecular weight is 972 g/mol. The summed E-state index contributed by atoms with van der Waals surface area (Å²) >= 11 is 0. The maximum absolute atomic E-state index is 15.1. The molecule has 0 spiro atoms. The van der Waals surface area contributed by atoms with Crippen LogP contribution in [0.25, 0.3) is 33.3 Å². The molecule has 2 fully saturated rings. The number of aromatic amines is 1. The number of nitrogens with two attached hydrogens (primary N) is 3. The quantitative estimate of drug-likeness (QED) is 0.0945. The molecule has 3 aromatic carbocycles. The van der Waals surface area contributed by atoms with Crippen LogP contribution >= 0.6 is 0 Å². The largest absolute Gasteiger partial charge is 0.370 e. The van der Waals surface area contributed by atoms with Gasteiger partial charge in [-0.05, 0) is 47.9 Å². The normalized spacial score (nSPS) is 23.9. The Labute approximate surface area is 409 Å². The molecule has 2 aromatic heterocycles. The van der Waals surface area contributed by atoms with Crippen LogP contribution < -0.4 is 43.8 Å². The Hall–Kier alpha value is -7.94. The predicted octanol–water partition coefficient (Wildman–Crippen LogP) is 0.842. The zero-order valence-corrected chi connectivity index (χ0v) is 39.6. The maximum Gasteiger partial charge on any atom is 0.246 e. The molecule has 0 bridgehead atoms. The smallest absolute Gasteiger partial charge is 0.246 e. The molecular weight excluding hydrogens is 911 g/mol. The van der Waals surface area contributed by atoms with E-state index < -0.39 is 108 Å². The summed E-state index contributed by atoms with van der Waals surface area (Å²) in [6.45, 7) is 3.56. The average Bonchev–Trinajstić information content (AvgIpc) is 4.14. The lowest BCUT2D eigenvalue weighted by molar-refractivity contribution is -0.143. The van der Waals surface area contributed by atoms with E-state index in [-0.39, 0.29) is 32.4 Å². The first-order valence-electron chi connectivity index (χ1n) is 23.8. The first kappa shape index (κ1) is 50.9. The molecule has 71 heavy (non-hydrogen) atoms. The number of amides is 8. The van der Waals surface area contributed by atoms with E-state index in [4.69, 9.17) is 17.2 Å². The number of primary amides is 2. The highest BCUT2D eigenvalue weighted by Gasteiger charge is 2.45. The van der Waals surface area contributed by atoms with Crippen LogP contribution in [0.2, 0.25) is 0 Å². The lowest BCUT2D eigenvalue weighted by Gasteiger charge is -2.33. The predicted molar refractivity (Wildman–Crippen MR) is 262 cm³/mol. The molecule has 0 unspecified atom stereocenters. The second kappa shape index (κ2) is 23.1. The Morgan fingerprint density at radius 1 is 0.789 bits per heavy atom. The van der Waals surface area contributed by atoms with Crippen molar-refractivity contribution in [3.63, 3.8) is 0 Å². The van der Waals surface area contributed by atoms with E-state index in [1.807, 2.05) is 78.9 Å². The van der Waals surface area contributed by atoms with Gasteiger partial charge in [-0.25, -0.2) is 4.68 Å². The van der Waals surface area contributed by atoms with Gasteiger partial charge in [-0.15, -0.1) is 5.10 Å². The van der Waals surface area contributed by atoms with Crippen LogP contribution in [0.3, 0.4) is 0 Å². The fraction of sp³-hybridized carbons (Fsp3) is 0.400. The van der Waals surface area contributed by atoms with Crippen LogP contribution in [0.1, 0.15) is 70.4 Å². The monoisotopic (exact) mass is 971 g/mol. The summed E-state index contributed by atoms with van der Waals surface area (Å²) in [6.07, 6.45) is 3.42. The second-order valence-electron chi connectivity index (χ2n) is 18.3. The highest BCUT2D eigenvalue weighted by atomic mass is 16.2. The summed E-state index contributed by atoms with van der Waals surface area (Å²) in [7, 11) is 0. The van der Waals surface area contributed by atoms with Gasteiger partial charge in [-0.2, -0.15) is 0 Å². The molecule has 0 aliphatic carbocycles. The molecule has 0 radical (unpaired) electrons. The number of carbonyl (C=O) groups is 8. The summed E-state index contributed by atoms with van der Waals surface area (Å²) in [5.74, 6) is -6.84. The minimum absolute atomic E-state index is 0.00479. The molecular formula is C50H61N13O8. The Morgan fingerprint density at radius 3 is 2.18 bits per heavy atom. The first-order valence-corrected chi connectivity index (χ1v) is 23.8. The van der Waals surface area contributed by atoms with Crippen LogP contribution in [-0.4, -0.2) is 121 Å². The summed E-state index contributed by atoms with van der Waals surface area (Å²) in [4.78, 5) is 114. The Bertz CT molecular complexity index is 2740. The third kappa shape index (κ3) is 12.6. The Kier molecular flexibility index (Phi) is 16.6. The molecule has 8 amide bonds. The van der Waals surface area contributed by atoms with Crippen LogP contribution in [0.5, 0.6) is 0 Å². The van der Waals surface area contributed by atoms with Gasteiger partial charge in [0.25, 0.3) is 0 Å². The highest BCUT2D eigenvalue weighted by molar-refractivity contribution is 5.99. The van der Waals surface area contributed by atoms with Gasteiger partial charge in [0.05, 0.1) is 31.1 Å². The van der Waals surface area contributed by atoms with E-state index in [0.717, 1.165) is 27.6 Å². The van der Waals surface area contributed by atoms with Gasteiger partial charge in [0.1, 0.15) is 35.9 Å². The van der Waals surface area contributed by atoms with E-state index in [1.165, 1.54) is 4.90 Å². The molecule has 374 valence electrons. The van der Waals surface area contributed by atoms with Crippen LogP contribution in [-0.2, 0) is 44.8 Å². The lowest BCUT2D eigenvalue weighted by atomic mass is 9.96. The minimum atomic E-state index is -1.59. The van der Waals surface area contributed by atoms with E-state index in [1.54, 1.807) is 30.9 Å². The Balaban J connectivity index is 1.24. The number of nitrogens with zero attached hydrogens (tertiary/aromatic N) is 4. The van der Waals surface area contributed by atoms with Crippen LogP contribution in [0.15, 0.2) is 91.3 Å². The summed E-state index contributed by atoms with van der Waals surface area (Å²) < 4.78 is 1.58. The molecule has 8 atom stereocenters. The van der Waals surface area contributed by atoms with Crippen LogP contribution in [0, 0.1) is 5.92 Å². The SMILES string of the molecule is CC[C@H](C)[C@@H]1NC(=O)[C@H](CC(N)=O)NC(=O)[C@@H](N)CC(=O)NCCCC[C@@H](C(N)=O)NC(=O)[C@H](Cc2c[nH]c3ccccc23)NC(=O)[C@@H]2C[C@H](n3cc(-c4ccc(-c5ccccc5)cc4)nn3)CN2C1=O. The third-order valence-corrected chi connectivity index (χ3v) is 13.2. The molecule has 0 saturated carbocycles. The van der Waals surface area contributed by atoms with Crippen molar-refractivity contribution < 1.29 is 38.4 Å². The van der Waals surface area contributed by atoms with Gasteiger partial charge in [0, 0.05) is 48.6 Å². The number of fused-ring (bicyclic) bond motifs is 2. The fourth-order valence-corrected chi connectivity index (χ4v) is 8.98. The molecule has 2 aliphatic heterocycles. The van der Waals surface area contributed by atoms with Gasteiger partial charge in [-0.3, -0.25) is 38.4 Å². The van der Waals surface area contributed by atoms with E-state index in [2.05, 4.69) is 41.9 Å². The van der Waals surface area contributed by atoms with E-state index in [0.29, 0.717) is 30.5 Å². The molecule has 21 nitrogen and oxygen atoms in total. The number of hydrogen-bond acceptors (Lipinski definition) is 11. The molecule has 4 heterocycles. The van der Waals surface area contributed by atoms with Crippen molar-refractivity contribution in [2.75, 3.05) is 13.1 Å². The number of nitrogens with one attached hydrogen (secondary N) is 6. The van der Waals surface area contributed by atoms with Gasteiger partial charge in [0.15, 0.2) is 0 Å². The number of benzene rings is 3. The van der Waals surface area contributed by atoms with E-state index >= 15 is 4.79 Å². The number of aromatic nitrogens is 4. The number of para-hydroxylation sites is 1. The number of carbonyl (C=O) groups excluding carboxylic acids is 8. The van der Waals surface area contributed by atoms with Gasteiger partial charge in [-0.1, -0.05) is 98.3 Å². The summed E-state index contributed by atoms with van der Waals surface area (Å²) in [5, 5.41) is 23.1. The minimum Gasteiger partial charge on any atom is -0.370 e. The molecule has 21 heteroatoms. The zero-order valence-electron chi connectivity index (χ0n) is 39.6. The number of H-pyrrole nitrogens is 1. The molecule has 2 saturated heterocycles. The zero-order chi connectivity index (χ0) is 50.8. The van der Waals surface area contributed by atoms with Crippen LogP contribution in [0.4, 0.5) is 0 Å². The number of hydrogen-bond donors (Lipinski definition) is 9. The van der Waals surface area contributed by atoms with Crippen molar-refractivity contribution in [3.8, 4) is 22.4 Å². The van der Waals surface area contributed by atoms with E-state index in [9.17, 15) is 33.6 Å². The lowest BCUT2D eigenvalue weighted by Crippen LogP contribution is -2.60. The number of rotatable bonds is 10. The van der Waals surface area contributed by atoms with Crippen molar-refractivity contribution >= 4 is 58.2 Å². The van der Waals surface area contributed by atoms with Crippen molar-refractivity contribution in [2.24, 2.45) is 23.1 Å². The topological polar surface area (TPSA) is 325 Å². The van der Waals surface area contributed by atoms with Gasteiger partial charge >= 0.3 is 0 Å². The highest BCUT2D eigenvalue weighted by Crippen LogP contribution is 2.31. The molecule has 5 aromatic rings. The maximum atomic E-state index is 15.1. The first-order chi connectivity index (χ1) is 34.1. The standard InChI is InChI=1S/C50H61N13O8/c1-3-28(2)44-50(71)62-26-33(63-27-40(60-61-63)31-18-16-30(17-19-31)29-11-5-4-6-12-29)22-41(62)49(70)58-38(21-32-25-55-36-14-8-7-13-34(32)36)47(68)56-37(45(53)66)15-9-10-20-54-43(65)23-35(51)46(67)57-39(24-42(52)64)48(69)59-44/h4-8,11-14,16-19,25,27-28,33,35,37-39,41,44,55H,3,9-10,15,20-24,26,51H2,1-2H3,(H2,52,64)(H2,53,66)(H,54,65)(H,56,68)(H,57,67)(H,58,70)(H,59,69)/t28-,33-,35-,37-,38-,39-,41-,44-/m0/s1.